The van der Waals surface area contributed by atoms with Gasteiger partial charge in [0.1, 0.15) is 5.82 Å². The monoisotopic (exact) mass is 492 g/mol. The van der Waals surface area contributed by atoms with Crippen molar-refractivity contribution < 1.29 is 17.6 Å². The first-order chi connectivity index (χ1) is 16.7. The summed E-state index contributed by atoms with van der Waals surface area (Å²) in [7, 11) is -3.13. The van der Waals surface area contributed by atoms with E-state index in [9.17, 15) is 17.6 Å². The number of pyridine rings is 1. The van der Waals surface area contributed by atoms with Gasteiger partial charge in [-0.25, -0.2) is 22.5 Å². The maximum atomic E-state index is 13.4. The van der Waals surface area contributed by atoms with Gasteiger partial charge in [0.2, 0.25) is 0 Å². The summed E-state index contributed by atoms with van der Waals surface area (Å²) < 4.78 is 39.2. The van der Waals surface area contributed by atoms with Crippen LogP contribution in [0.2, 0.25) is 0 Å². The van der Waals surface area contributed by atoms with Crippen LogP contribution >= 0.6 is 0 Å². The van der Waals surface area contributed by atoms with E-state index in [0.717, 1.165) is 16.7 Å². The first-order valence-electron chi connectivity index (χ1n) is 11.4. The smallest absolute Gasteiger partial charge is 0.252 e. The summed E-state index contributed by atoms with van der Waals surface area (Å²) >= 11 is 0. The number of benzene rings is 2. The van der Waals surface area contributed by atoms with Crippen LogP contribution in [-0.4, -0.2) is 40.6 Å². The number of nitrogens with zero attached hydrogens (tertiary/aromatic N) is 3. The van der Waals surface area contributed by atoms with Gasteiger partial charge in [0.25, 0.3) is 5.91 Å². The van der Waals surface area contributed by atoms with E-state index in [1.807, 2.05) is 31.2 Å². The Morgan fingerprint density at radius 3 is 2.49 bits per heavy atom. The molecule has 0 aliphatic carbocycles. The predicted molar refractivity (Wildman–Crippen MR) is 132 cm³/mol. The third-order valence-electron chi connectivity index (χ3n) is 6.35. The molecule has 0 bridgehead atoms. The van der Waals surface area contributed by atoms with Gasteiger partial charge in [0.15, 0.2) is 15.5 Å². The predicted octanol–water partition coefficient (Wildman–Crippen LogP) is 4.14. The fourth-order valence-corrected chi connectivity index (χ4v) is 6.16. The fraction of sp³-hybridized carbons (Fsp3) is 0.269. The van der Waals surface area contributed by atoms with Crippen LogP contribution in [0, 0.1) is 19.7 Å². The van der Waals surface area contributed by atoms with Crippen LogP contribution in [0.15, 0.2) is 54.6 Å². The van der Waals surface area contributed by atoms with Crippen molar-refractivity contribution in [3.8, 4) is 11.3 Å². The Morgan fingerprint density at radius 2 is 1.83 bits per heavy atom. The molecular weight excluding hydrogens is 467 g/mol. The number of hydrogen-bond donors (Lipinski definition) is 1. The zero-order chi connectivity index (χ0) is 24.7. The Kier molecular flexibility index (Phi) is 5.88. The quantitative estimate of drug-likeness (QED) is 0.452. The lowest BCUT2D eigenvalue weighted by atomic mass is 10.0. The van der Waals surface area contributed by atoms with Crippen molar-refractivity contribution >= 4 is 26.8 Å². The van der Waals surface area contributed by atoms with E-state index in [2.05, 4.69) is 10.4 Å². The maximum absolute atomic E-state index is 13.4. The zero-order valence-corrected chi connectivity index (χ0v) is 20.3. The number of fused-ring (bicyclic) bond motifs is 1. The van der Waals surface area contributed by atoms with Crippen LogP contribution in [0.25, 0.3) is 22.3 Å². The summed E-state index contributed by atoms with van der Waals surface area (Å²) in [5.74, 6) is -0.528. The SMILES string of the molecule is Cc1ccc(-c2cc(C(=O)NCc3ccc(F)cc3)c3c(C)nn([C@H]4CCS(=O)(=O)C4)c3n2)cc1. The molecule has 3 heterocycles. The molecule has 2 aromatic carbocycles. The number of nitrogens with one attached hydrogen (secondary N) is 1. The highest BCUT2D eigenvalue weighted by molar-refractivity contribution is 7.91. The minimum Gasteiger partial charge on any atom is -0.348 e. The summed E-state index contributed by atoms with van der Waals surface area (Å²) in [5.41, 5.74) is 4.84. The Balaban J connectivity index is 1.60. The number of rotatable bonds is 5. The maximum Gasteiger partial charge on any atom is 0.252 e. The minimum atomic E-state index is -3.13. The zero-order valence-electron chi connectivity index (χ0n) is 19.5. The topological polar surface area (TPSA) is 94.0 Å². The number of amides is 1. The third-order valence-corrected chi connectivity index (χ3v) is 8.10. The van der Waals surface area contributed by atoms with Crippen LogP contribution in [0.1, 0.15) is 39.6 Å². The molecule has 9 heteroatoms. The second-order valence-corrected chi connectivity index (χ2v) is 11.2. The van der Waals surface area contributed by atoms with E-state index in [-0.39, 0.29) is 35.8 Å². The van der Waals surface area contributed by atoms with E-state index in [4.69, 9.17) is 4.98 Å². The second kappa shape index (κ2) is 8.88. The van der Waals surface area contributed by atoms with Crippen LogP contribution in [-0.2, 0) is 16.4 Å². The lowest BCUT2D eigenvalue weighted by Gasteiger charge is -2.12. The largest absolute Gasteiger partial charge is 0.348 e. The average Bonchev–Trinajstić information content (AvgIpc) is 3.37. The van der Waals surface area contributed by atoms with Crippen molar-refractivity contribution in [2.45, 2.75) is 32.9 Å². The van der Waals surface area contributed by atoms with Gasteiger partial charge in [-0.2, -0.15) is 5.10 Å². The molecule has 0 spiro atoms. The Morgan fingerprint density at radius 1 is 1.11 bits per heavy atom. The number of aromatic nitrogens is 3. The molecule has 180 valence electrons. The summed E-state index contributed by atoms with van der Waals surface area (Å²) in [5, 5.41) is 8.14. The molecule has 1 amide bonds. The van der Waals surface area contributed by atoms with Gasteiger partial charge in [-0.15, -0.1) is 0 Å². The molecule has 0 radical (unpaired) electrons. The van der Waals surface area contributed by atoms with Crippen molar-refractivity contribution in [1.82, 2.24) is 20.1 Å². The molecule has 5 rings (SSSR count). The highest BCUT2D eigenvalue weighted by atomic mass is 32.2. The molecule has 1 atom stereocenters. The number of halogens is 1. The Bertz CT molecular complexity index is 1530. The van der Waals surface area contributed by atoms with Crippen LogP contribution < -0.4 is 5.32 Å². The lowest BCUT2D eigenvalue weighted by molar-refractivity contribution is 0.0952. The Hall–Kier alpha value is -3.59. The van der Waals surface area contributed by atoms with E-state index < -0.39 is 9.84 Å². The minimum absolute atomic E-state index is 0.00571. The first-order valence-corrected chi connectivity index (χ1v) is 13.2. The van der Waals surface area contributed by atoms with E-state index in [1.165, 1.54) is 12.1 Å². The van der Waals surface area contributed by atoms with Gasteiger partial charge in [-0.3, -0.25) is 4.79 Å². The molecule has 1 saturated heterocycles. The third kappa shape index (κ3) is 4.68. The number of sulfone groups is 1. The molecule has 1 fully saturated rings. The van der Waals surface area contributed by atoms with E-state index in [1.54, 1.807) is 29.8 Å². The van der Waals surface area contributed by atoms with Gasteiger partial charge < -0.3 is 5.32 Å². The molecule has 1 N–H and O–H groups in total. The van der Waals surface area contributed by atoms with E-state index in [0.29, 0.717) is 34.4 Å². The molecule has 4 aromatic rings. The summed E-state index contributed by atoms with van der Waals surface area (Å²) in [6.45, 7) is 4.02. The molecule has 35 heavy (non-hydrogen) atoms. The molecular formula is C26H25FN4O3S. The number of carbonyl (C=O) groups is 1. The highest BCUT2D eigenvalue weighted by Gasteiger charge is 2.32. The molecule has 7 nitrogen and oxygen atoms in total. The summed E-state index contributed by atoms with van der Waals surface area (Å²) in [6, 6.07) is 15.2. The molecule has 2 aromatic heterocycles. The molecule has 1 aliphatic rings. The van der Waals surface area contributed by atoms with E-state index >= 15 is 0 Å². The van der Waals surface area contributed by atoms with Crippen LogP contribution in [0.5, 0.6) is 0 Å². The van der Waals surface area contributed by atoms with Crippen molar-refractivity contribution in [3.05, 3.63) is 82.8 Å². The van der Waals surface area contributed by atoms with Crippen LogP contribution in [0.3, 0.4) is 0 Å². The van der Waals surface area contributed by atoms with Gasteiger partial charge in [0.05, 0.1) is 39.9 Å². The number of aryl methyl sites for hydroxylation is 2. The van der Waals surface area contributed by atoms with Crippen molar-refractivity contribution in [1.29, 1.82) is 0 Å². The molecule has 0 unspecified atom stereocenters. The van der Waals surface area contributed by atoms with Gasteiger partial charge in [-0.05, 0) is 44.0 Å². The lowest BCUT2D eigenvalue weighted by Crippen LogP contribution is -2.23. The number of carbonyl (C=O) groups excluding carboxylic acids is 1. The summed E-state index contributed by atoms with van der Waals surface area (Å²) in [4.78, 5) is 18.2. The Labute approximate surface area is 202 Å². The summed E-state index contributed by atoms with van der Waals surface area (Å²) in [6.07, 6.45) is 0.459. The standard InChI is InChI=1S/C26H25FN4O3S/c1-16-3-7-19(8-4-16)23-13-22(26(32)28-14-18-5-9-20(27)10-6-18)24-17(2)30-31(25(24)29-23)21-11-12-35(33,34)15-21/h3-10,13,21H,11-12,14-15H2,1-2H3,(H,28,32)/t21-/m0/s1. The van der Waals surface area contributed by atoms with Crippen molar-refractivity contribution in [2.75, 3.05) is 11.5 Å². The first kappa shape index (κ1) is 23.2. The molecule has 1 aliphatic heterocycles. The van der Waals surface area contributed by atoms with Gasteiger partial charge in [0, 0.05) is 12.1 Å². The average molecular weight is 493 g/mol. The highest BCUT2D eigenvalue weighted by Crippen LogP contribution is 2.32. The number of hydrogen-bond acceptors (Lipinski definition) is 5. The second-order valence-electron chi connectivity index (χ2n) is 9.02. The van der Waals surface area contributed by atoms with Crippen molar-refractivity contribution in [2.24, 2.45) is 0 Å². The van der Waals surface area contributed by atoms with Gasteiger partial charge >= 0.3 is 0 Å². The van der Waals surface area contributed by atoms with Crippen molar-refractivity contribution in [3.63, 3.8) is 0 Å². The fourth-order valence-electron chi connectivity index (χ4n) is 4.47. The normalized spacial score (nSPS) is 17.1. The molecule has 0 saturated carbocycles. The van der Waals surface area contributed by atoms with Crippen LogP contribution in [0.4, 0.5) is 4.39 Å². The van der Waals surface area contributed by atoms with Gasteiger partial charge in [-0.1, -0.05) is 42.0 Å².